The third-order valence-corrected chi connectivity index (χ3v) is 7.83. The van der Waals surface area contributed by atoms with Gasteiger partial charge in [-0.1, -0.05) is 142 Å². The number of hydrogen-bond donors (Lipinski definition) is 0. The first-order chi connectivity index (χ1) is 21.0. The number of unbranched alkanes of at least 4 members (excludes halogenated alkanes) is 21. The van der Waals surface area contributed by atoms with E-state index in [0.717, 1.165) is 44.9 Å². The molecule has 0 aromatic heterocycles. The van der Waals surface area contributed by atoms with Crippen LogP contribution in [0.15, 0.2) is 12.2 Å². The molecule has 0 bridgehead atoms. The van der Waals surface area contributed by atoms with Gasteiger partial charge in [-0.3, -0.25) is 14.4 Å². The fraction of sp³-hybridized carbons (Fsp3) is 0.865. The first-order valence-corrected chi connectivity index (χ1v) is 18.1. The molecule has 0 N–H and O–H groups in total. The molecule has 0 fully saturated rings. The van der Waals surface area contributed by atoms with E-state index in [2.05, 4.69) is 26.0 Å². The number of rotatable bonds is 32. The number of esters is 3. The van der Waals surface area contributed by atoms with Gasteiger partial charge in [0.1, 0.15) is 13.2 Å². The van der Waals surface area contributed by atoms with Crippen molar-refractivity contribution in [2.24, 2.45) is 0 Å². The van der Waals surface area contributed by atoms with Crippen LogP contribution in [0.1, 0.15) is 188 Å². The maximum Gasteiger partial charge on any atom is 0.306 e. The Labute approximate surface area is 265 Å². The lowest BCUT2D eigenvalue weighted by Gasteiger charge is -2.17. The molecule has 0 aromatic carbocycles. The molecular formula is C37H68O6. The van der Waals surface area contributed by atoms with Gasteiger partial charge in [0.25, 0.3) is 0 Å². The number of hydrogen-bond acceptors (Lipinski definition) is 6. The minimum atomic E-state index is -0.763. The van der Waals surface area contributed by atoms with Crippen LogP contribution < -0.4 is 0 Å². The summed E-state index contributed by atoms with van der Waals surface area (Å²) in [5.41, 5.74) is 0. The summed E-state index contributed by atoms with van der Waals surface area (Å²) >= 11 is 0. The molecular weight excluding hydrogens is 540 g/mol. The van der Waals surface area contributed by atoms with Crippen LogP contribution in [0.3, 0.4) is 0 Å². The molecule has 0 radical (unpaired) electrons. The quantitative estimate of drug-likeness (QED) is 0.0327. The molecule has 0 aliphatic carbocycles. The SMILES string of the molecule is CCCCCC/C=C\CCCCCCCC(=O)O[C@@H](COC(C)=O)COC(=O)CCCCCCCCCCCCCCC. The molecule has 0 aliphatic rings. The Hall–Kier alpha value is -1.85. The average molecular weight is 609 g/mol. The topological polar surface area (TPSA) is 78.9 Å². The van der Waals surface area contributed by atoms with E-state index in [1.54, 1.807) is 0 Å². The molecule has 0 aliphatic heterocycles. The van der Waals surface area contributed by atoms with Gasteiger partial charge in [-0.15, -0.1) is 0 Å². The Balaban J connectivity index is 3.88. The van der Waals surface area contributed by atoms with E-state index in [4.69, 9.17) is 14.2 Å². The Morgan fingerprint density at radius 3 is 1.33 bits per heavy atom. The highest BCUT2D eigenvalue weighted by Gasteiger charge is 2.18. The van der Waals surface area contributed by atoms with E-state index in [0.29, 0.717) is 12.8 Å². The zero-order valence-electron chi connectivity index (χ0n) is 28.5. The largest absolute Gasteiger partial charge is 0.462 e. The summed E-state index contributed by atoms with van der Waals surface area (Å²) in [5, 5.41) is 0. The van der Waals surface area contributed by atoms with Crippen LogP contribution in [-0.4, -0.2) is 37.2 Å². The van der Waals surface area contributed by atoms with Gasteiger partial charge < -0.3 is 14.2 Å². The number of allylic oxidation sites excluding steroid dienone is 2. The molecule has 1 atom stereocenters. The predicted octanol–water partition coefficient (Wildman–Crippen LogP) is 10.7. The minimum Gasteiger partial charge on any atom is -0.462 e. The van der Waals surface area contributed by atoms with E-state index in [9.17, 15) is 14.4 Å². The minimum absolute atomic E-state index is 0.0809. The van der Waals surface area contributed by atoms with Gasteiger partial charge in [-0.05, 0) is 38.5 Å². The van der Waals surface area contributed by atoms with Gasteiger partial charge in [0, 0.05) is 19.8 Å². The van der Waals surface area contributed by atoms with E-state index in [1.807, 2.05) is 0 Å². The summed E-state index contributed by atoms with van der Waals surface area (Å²) in [4.78, 5) is 35.8. The van der Waals surface area contributed by atoms with Gasteiger partial charge in [0.2, 0.25) is 0 Å². The van der Waals surface area contributed by atoms with E-state index >= 15 is 0 Å². The Morgan fingerprint density at radius 1 is 0.488 bits per heavy atom. The second-order valence-corrected chi connectivity index (χ2v) is 12.2. The molecule has 0 saturated carbocycles. The van der Waals surface area contributed by atoms with Crippen molar-refractivity contribution in [3.8, 4) is 0 Å². The smallest absolute Gasteiger partial charge is 0.306 e. The molecule has 0 saturated heterocycles. The first kappa shape index (κ1) is 41.1. The Morgan fingerprint density at radius 2 is 0.860 bits per heavy atom. The zero-order valence-corrected chi connectivity index (χ0v) is 28.5. The van der Waals surface area contributed by atoms with Gasteiger partial charge in [-0.25, -0.2) is 0 Å². The van der Waals surface area contributed by atoms with E-state index in [-0.39, 0.29) is 25.2 Å². The number of carbonyl (C=O) groups excluding carboxylic acids is 3. The van der Waals surface area contributed by atoms with Crippen molar-refractivity contribution in [3.63, 3.8) is 0 Å². The van der Waals surface area contributed by atoms with Crippen molar-refractivity contribution in [3.05, 3.63) is 12.2 Å². The van der Waals surface area contributed by atoms with Crippen LogP contribution >= 0.6 is 0 Å². The number of ether oxygens (including phenoxy) is 3. The van der Waals surface area contributed by atoms with Crippen LogP contribution in [0.4, 0.5) is 0 Å². The highest BCUT2D eigenvalue weighted by Crippen LogP contribution is 2.14. The van der Waals surface area contributed by atoms with Crippen molar-refractivity contribution >= 4 is 17.9 Å². The molecule has 0 heterocycles. The lowest BCUT2D eigenvalue weighted by atomic mass is 10.0. The summed E-state index contributed by atoms with van der Waals surface area (Å²) in [5.74, 6) is -1.08. The maximum atomic E-state index is 12.3. The average Bonchev–Trinajstić information content (AvgIpc) is 2.99. The molecule has 43 heavy (non-hydrogen) atoms. The summed E-state index contributed by atoms with van der Waals surface area (Å²) in [7, 11) is 0. The van der Waals surface area contributed by atoms with Crippen LogP contribution in [0.5, 0.6) is 0 Å². The molecule has 6 nitrogen and oxygen atoms in total. The third kappa shape index (κ3) is 32.9. The molecule has 0 rings (SSSR count). The highest BCUT2D eigenvalue weighted by atomic mass is 16.6. The summed E-state index contributed by atoms with van der Waals surface area (Å²) in [6, 6.07) is 0. The van der Waals surface area contributed by atoms with E-state index in [1.165, 1.54) is 116 Å². The predicted molar refractivity (Wildman–Crippen MR) is 178 cm³/mol. The van der Waals surface area contributed by atoms with Crippen LogP contribution in [0, 0.1) is 0 Å². The Kier molecular flexibility index (Phi) is 31.6. The van der Waals surface area contributed by atoms with Gasteiger partial charge in [0.15, 0.2) is 6.10 Å². The second-order valence-electron chi connectivity index (χ2n) is 12.2. The third-order valence-electron chi connectivity index (χ3n) is 7.83. The van der Waals surface area contributed by atoms with Crippen LogP contribution in [0.25, 0.3) is 0 Å². The van der Waals surface area contributed by atoms with E-state index < -0.39 is 12.1 Å². The summed E-state index contributed by atoms with van der Waals surface area (Å²) in [6.45, 7) is 5.62. The Bertz CT molecular complexity index is 674. The highest BCUT2D eigenvalue weighted by molar-refractivity contribution is 5.70. The fourth-order valence-corrected chi connectivity index (χ4v) is 5.10. The van der Waals surface area contributed by atoms with Crippen molar-refractivity contribution in [2.45, 2.75) is 194 Å². The molecule has 0 amide bonds. The second kappa shape index (κ2) is 33.1. The lowest BCUT2D eigenvalue weighted by molar-refractivity contribution is -0.166. The lowest BCUT2D eigenvalue weighted by Crippen LogP contribution is -2.30. The van der Waals surface area contributed by atoms with Crippen LogP contribution in [-0.2, 0) is 28.6 Å². The molecule has 0 aromatic rings. The molecule has 6 heteroatoms. The molecule has 0 unspecified atom stereocenters. The van der Waals surface area contributed by atoms with Crippen molar-refractivity contribution < 1.29 is 28.6 Å². The van der Waals surface area contributed by atoms with Gasteiger partial charge in [-0.2, -0.15) is 0 Å². The van der Waals surface area contributed by atoms with Gasteiger partial charge in [0.05, 0.1) is 0 Å². The van der Waals surface area contributed by atoms with Gasteiger partial charge >= 0.3 is 17.9 Å². The van der Waals surface area contributed by atoms with Crippen LogP contribution in [0.2, 0.25) is 0 Å². The fourth-order valence-electron chi connectivity index (χ4n) is 5.10. The zero-order chi connectivity index (χ0) is 31.6. The monoisotopic (exact) mass is 609 g/mol. The summed E-state index contributed by atoms with van der Waals surface area (Å²) < 4.78 is 15.9. The number of carbonyl (C=O) groups is 3. The van der Waals surface area contributed by atoms with Crippen molar-refractivity contribution in [1.29, 1.82) is 0 Å². The van der Waals surface area contributed by atoms with Crippen molar-refractivity contribution in [2.75, 3.05) is 13.2 Å². The normalized spacial score (nSPS) is 12.0. The standard InChI is InChI=1S/C37H68O6/c1-4-6-8-10-12-14-16-18-20-22-24-26-28-30-36(39)42-33-35(32-41-34(3)38)43-37(40)31-29-27-25-23-21-19-17-15-13-11-9-7-5-2/h15,17,35H,4-14,16,18-33H2,1-3H3/b17-15-/t35-/m0/s1. The first-order valence-electron chi connectivity index (χ1n) is 18.1. The van der Waals surface area contributed by atoms with Crippen molar-refractivity contribution in [1.82, 2.24) is 0 Å². The summed E-state index contributed by atoms with van der Waals surface area (Å²) in [6.07, 6.45) is 33.6. The molecule has 252 valence electrons. The molecule has 0 spiro atoms. The maximum absolute atomic E-state index is 12.3.